The SMILES string of the molecule is C1=C2NNCN2c2ccccc2O1. The summed E-state index contributed by atoms with van der Waals surface area (Å²) in [5.74, 6) is 1.86. The summed E-state index contributed by atoms with van der Waals surface area (Å²) in [4.78, 5) is 2.12. The van der Waals surface area contributed by atoms with Crippen molar-refractivity contribution in [3.05, 3.63) is 36.3 Å². The van der Waals surface area contributed by atoms with Crippen LogP contribution in [0.15, 0.2) is 36.3 Å². The normalized spacial score (nSPS) is 18.2. The number of para-hydroxylation sites is 2. The number of hydrogen-bond acceptors (Lipinski definition) is 4. The zero-order chi connectivity index (χ0) is 8.67. The third-order valence-corrected chi connectivity index (χ3v) is 2.20. The van der Waals surface area contributed by atoms with Gasteiger partial charge in [-0.1, -0.05) is 12.1 Å². The van der Waals surface area contributed by atoms with Crippen molar-refractivity contribution < 1.29 is 4.74 Å². The Bertz CT molecular complexity index is 375. The van der Waals surface area contributed by atoms with E-state index in [0.717, 1.165) is 23.9 Å². The first-order chi connectivity index (χ1) is 6.45. The molecule has 0 unspecified atom stereocenters. The molecule has 1 fully saturated rings. The predicted octanol–water partition coefficient (Wildman–Crippen LogP) is 0.750. The van der Waals surface area contributed by atoms with Gasteiger partial charge in [-0.25, -0.2) is 5.43 Å². The average Bonchev–Trinajstić information content (AvgIpc) is 2.65. The summed E-state index contributed by atoms with van der Waals surface area (Å²) in [6, 6.07) is 7.97. The van der Waals surface area contributed by atoms with E-state index >= 15 is 0 Å². The largest absolute Gasteiger partial charge is 0.459 e. The fourth-order valence-electron chi connectivity index (χ4n) is 1.57. The molecule has 2 heterocycles. The van der Waals surface area contributed by atoms with E-state index in [1.54, 1.807) is 6.26 Å². The molecular weight excluding hydrogens is 166 g/mol. The van der Waals surface area contributed by atoms with Crippen LogP contribution in [0.2, 0.25) is 0 Å². The topological polar surface area (TPSA) is 36.5 Å². The lowest BCUT2D eigenvalue weighted by atomic mass is 10.2. The van der Waals surface area contributed by atoms with Crippen molar-refractivity contribution in [1.29, 1.82) is 0 Å². The quantitative estimate of drug-likeness (QED) is 0.610. The number of fused-ring (bicyclic) bond motifs is 3. The first kappa shape index (κ1) is 6.80. The highest BCUT2D eigenvalue weighted by atomic mass is 16.5. The van der Waals surface area contributed by atoms with Gasteiger partial charge in [0.05, 0.1) is 12.4 Å². The van der Waals surface area contributed by atoms with Crippen molar-refractivity contribution in [1.82, 2.24) is 10.9 Å². The highest BCUT2D eigenvalue weighted by Gasteiger charge is 2.24. The average molecular weight is 175 g/mol. The van der Waals surface area contributed by atoms with Crippen molar-refractivity contribution in [2.45, 2.75) is 0 Å². The van der Waals surface area contributed by atoms with Gasteiger partial charge in [0.15, 0.2) is 5.82 Å². The van der Waals surface area contributed by atoms with Gasteiger partial charge in [0, 0.05) is 0 Å². The molecule has 3 rings (SSSR count). The van der Waals surface area contributed by atoms with E-state index in [-0.39, 0.29) is 0 Å². The Hall–Kier alpha value is -1.68. The summed E-state index contributed by atoms with van der Waals surface area (Å²) in [5, 5.41) is 0. The van der Waals surface area contributed by atoms with E-state index in [0.29, 0.717) is 0 Å². The summed E-state index contributed by atoms with van der Waals surface area (Å²) in [6.45, 7) is 0.770. The number of hydrazine groups is 1. The fraction of sp³-hybridized carbons (Fsp3) is 0.111. The highest BCUT2D eigenvalue weighted by molar-refractivity contribution is 5.64. The lowest BCUT2D eigenvalue weighted by Crippen LogP contribution is -2.23. The van der Waals surface area contributed by atoms with Gasteiger partial charge in [0.1, 0.15) is 12.0 Å². The maximum atomic E-state index is 5.43. The van der Waals surface area contributed by atoms with Gasteiger partial charge in [-0.3, -0.25) is 0 Å². The van der Waals surface area contributed by atoms with Crippen LogP contribution in [0.1, 0.15) is 0 Å². The van der Waals surface area contributed by atoms with Gasteiger partial charge >= 0.3 is 0 Å². The number of rotatable bonds is 0. The number of benzene rings is 1. The summed E-state index contributed by atoms with van der Waals surface area (Å²) in [5.41, 5.74) is 7.14. The molecule has 2 N–H and O–H groups in total. The van der Waals surface area contributed by atoms with E-state index in [4.69, 9.17) is 4.74 Å². The molecule has 1 aromatic carbocycles. The van der Waals surface area contributed by atoms with Gasteiger partial charge in [-0.2, -0.15) is 0 Å². The molecule has 0 spiro atoms. The van der Waals surface area contributed by atoms with E-state index in [9.17, 15) is 0 Å². The summed E-state index contributed by atoms with van der Waals surface area (Å²) in [6.07, 6.45) is 1.71. The number of hydrogen-bond donors (Lipinski definition) is 2. The molecule has 0 radical (unpaired) electrons. The molecule has 4 heteroatoms. The van der Waals surface area contributed by atoms with Crippen LogP contribution in [0.4, 0.5) is 5.69 Å². The minimum Gasteiger partial charge on any atom is -0.459 e. The van der Waals surface area contributed by atoms with Crippen LogP contribution in [0.3, 0.4) is 0 Å². The molecule has 66 valence electrons. The first-order valence-corrected chi connectivity index (χ1v) is 4.17. The van der Waals surface area contributed by atoms with Crippen molar-refractivity contribution in [3.8, 4) is 5.75 Å². The van der Waals surface area contributed by atoms with E-state index < -0.39 is 0 Å². The van der Waals surface area contributed by atoms with E-state index in [2.05, 4.69) is 15.8 Å². The molecule has 1 saturated heterocycles. The summed E-state index contributed by atoms with van der Waals surface area (Å²) < 4.78 is 5.43. The summed E-state index contributed by atoms with van der Waals surface area (Å²) in [7, 11) is 0. The second-order valence-electron chi connectivity index (χ2n) is 2.98. The number of nitrogens with one attached hydrogen (secondary N) is 2. The van der Waals surface area contributed by atoms with E-state index in [1.165, 1.54) is 0 Å². The van der Waals surface area contributed by atoms with Crippen LogP contribution in [0.5, 0.6) is 5.75 Å². The Balaban J connectivity index is 2.12. The van der Waals surface area contributed by atoms with Crippen LogP contribution < -0.4 is 20.5 Å². The number of nitrogens with zero attached hydrogens (tertiary/aromatic N) is 1. The molecule has 0 saturated carbocycles. The fourth-order valence-corrected chi connectivity index (χ4v) is 1.57. The van der Waals surface area contributed by atoms with Crippen LogP contribution >= 0.6 is 0 Å². The molecule has 0 amide bonds. The Morgan fingerprint density at radius 2 is 2.23 bits per heavy atom. The van der Waals surface area contributed by atoms with Gasteiger partial charge < -0.3 is 15.1 Å². The second kappa shape index (κ2) is 2.40. The van der Waals surface area contributed by atoms with Crippen molar-refractivity contribution in [2.24, 2.45) is 0 Å². The standard InChI is InChI=1S/C9H9N3O/c1-2-4-8-7(3-1)12-6-10-11-9(12)5-13-8/h1-5,10-11H,6H2. The zero-order valence-electron chi connectivity index (χ0n) is 6.95. The second-order valence-corrected chi connectivity index (χ2v) is 2.98. The molecule has 4 nitrogen and oxygen atoms in total. The van der Waals surface area contributed by atoms with Crippen LogP contribution in [-0.4, -0.2) is 6.67 Å². The zero-order valence-corrected chi connectivity index (χ0v) is 6.95. The maximum absolute atomic E-state index is 5.43. The number of ether oxygens (including phenoxy) is 1. The third kappa shape index (κ3) is 0.891. The molecule has 0 aliphatic carbocycles. The molecule has 0 bridgehead atoms. The van der Waals surface area contributed by atoms with E-state index in [1.807, 2.05) is 24.3 Å². The summed E-state index contributed by atoms with van der Waals surface area (Å²) >= 11 is 0. The number of anilines is 1. The van der Waals surface area contributed by atoms with Gasteiger partial charge in [-0.05, 0) is 12.1 Å². The lowest BCUT2D eigenvalue weighted by molar-refractivity contribution is 0.461. The Kier molecular flexibility index (Phi) is 1.26. The van der Waals surface area contributed by atoms with Crippen molar-refractivity contribution in [2.75, 3.05) is 11.6 Å². The van der Waals surface area contributed by atoms with Crippen LogP contribution in [0.25, 0.3) is 0 Å². The smallest absolute Gasteiger partial charge is 0.158 e. The monoisotopic (exact) mass is 175 g/mol. The van der Waals surface area contributed by atoms with Gasteiger partial charge in [0.25, 0.3) is 0 Å². The maximum Gasteiger partial charge on any atom is 0.158 e. The highest BCUT2D eigenvalue weighted by Crippen LogP contribution is 2.33. The van der Waals surface area contributed by atoms with Crippen molar-refractivity contribution >= 4 is 5.69 Å². The molecule has 0 atom stereocenters. The lowest BCUT2D eigenvalue weighted by Gasteiger charge is -2.23. The Morgan fingerprint density at radius 3 is 3.23 bits per heavy atom. The predicted molar refractivity (Wildman–Crippen MR) is 48.8 cm³/mol. The Labute approximate surface area is 75.8 Å². The van der Waals surface area contributed by atoms with Gasteiger partial charge in [-0.15, -0.1) is 0 Å². The minimum atomic E-state index is 0.770. The van der Waals surface area contributed by atoms with Crippen molar-refractivity contribution in [3.63, 3.8) is 0 Å². The third-order valence-electron chi connectivity index (χ3n) is 2.20. The molecule has 1 aromatic rings. The molecule has 2 aliphatic rings. The molecular formula is C9H9N3O. The Morgan fingerprint density at radius 1 is 1.31 bits per heavy atom. The van der Waals surface area contributed by atoms with Crippen LogP contribution in [-0.2, 0) is 0 Å². The van der Waals surface area contributed by atoms with Gasteiger partial charge in [0.2, 0.25) is 0 Å². The molecule has 0 aromatic heterocycles. The first-order valence-electron chi connectivity index (χ1n) is 4.17. The molecule has 13 heavy (non-hydrogen) atoms. The minimum absolute atomic E-state index is 0.770. The van der Waals surface area contributed by atoms with Crippen LogP contribution in [0, 0.1) is 0 Å². The molecule has 2 aliphatic heterocycles.